The van der Waals surface area contributed by atoms with Crippen molar-refractivity contribution < 1.29 is 14.3 Å². The highest BCUT2D eigenvalue weighted by Crippen LogP contribution is 2.36. The minimum absolute atomic E-state index is 0.196. The number of thiazole rings is 1. The number of carbonyl (C=O) groups excluding carboxylic acids is 1. The van der Waals surface area contributed by atoms with Crippen LogP contribution < -0.4 is 20.5 Å². The van der Waals surface area contributed by atoms with Crippen molar-refractivity contribution in [3.63, 3.8) is 0 Å². The molecule has 3 N–H and O–H groups in total. The fourth-order valence-electron chi connectivity index (χ4n) is 4.87. The van der Waals surface area contributed by atoms with Crippen molar-refractivity contribution in [2.75, 3.05) is 13.2 Å². The topological polar surface area (TPSA) is 89.7 Å². The van der Waals surface area contributed by atoms with E-state index in [4.69, 9.17) is 26.8 Å². The van der Waals surface area contributed by atoms with Gasteiger partial charge in [-0.2, -0.15) is 0 Å². The van der Waals surface area contributed by atoms with Crippen LogP contribution in [0.5, 0.6) is 16.7 Å². The summed E-state index contributed by atoms with van der Waals surface area (Å²) in [6.07, 6.45) is 4.26. The third-order valence-electron chi connectivity index (χ3n) is 6.23. The Morgan fingerprint density at radius 1 is 1.16 bits per heavy atom. The van der Waals surface area contributed by atoms with Crippen LogP contribution in [0.15, 0.2) is 42.5 Å². The van der Waals surface area contributed by atoms with Crippen molar-refractivity contribution in [3.05, 3.63) is 47.5 Å². The van der Waals surface area contributed by atoms with E-state index in [1.807, 2.05) is 42.5 Å². The first-order valence-electron chi connectivity index (χ1n) is 10.8. The Morgan fingerprint density at radius 3 is 2.56 bits per heavy atom. The Hall–Kier alpha value is -2.55. The minimum Gasteiger partial charge on any atom is -0.492 e. The molecule has 0 aliphatic carbocycles. The molecule has 0 radical (unpaired) electrons. The number of benzene rings is 2. The van der Waals surface area contributed by atoms with Gasteiger partial charge >= 0.3 is 6.03 Å². The van der Waals surface area contributed by atoms with Gasteiger partial charge in [-0.1, -0.05) is 29.0 Å². The fourth-order valence-corrected chi connectivity index (χ4v) is 6.00. The van der Waals surface area contributed by atoms with Crippen LogP contribution in [0.2, 0.25) is 5.02 Å². The molecule has 168 valence electrons. The van der Waals surface area contributed by atoms with Crippen molar-refractivity contribution >= 4 is 39.2 Å². The number of hydrogen-bond acceptors (Lipinski definition) is 6. The molecule has 2 saturated heterocycles. The molecular weight excluding hydrogens is 448 g/mol. The number of fused-ring (bicyclic) bond motifs is 3. The van der Waals surface area contributed by atoms with Gasteiger partial charge in [0.2, 0.25) is 0 Å². The standard InChI is InChI=1S/C23H25ClN4O3S/c24-19-2-1-3-20-21(19)32-23(27-20)31-18-8-6-17(7-9-18)30-11-10-28-15-4-5-16(28)13-14(12-15)26-22(25)29/h1-3,6-9,14-16H,4-5,10-13H2,(H3,25,26,29)/t14-,15+,16-. The van der Waals surface area contributed by atoms with Gasteiger partial charge in [0.25, 0.3) is 5.19 Å². The zero-order valence-corrected chi connectivity index (χ0v) is 19.1. The monoisotopic (exact) mass is 472 g/mol. The van der Waals surface area contributed by atoms with Gasteiger partial charge in [0.1, 0.15) is 18.1 Å². The van der Waals surface area contributed by atoms with E-state index in [-0.39, 0.29) is 6.04 Å². The lowest BCUT2D eigenvalue weighted by molar-refractivity contribution is 0.1000. The van der Waals surface area contributed by atoms with Crippen LogP contribution in [0.3, 0.4) is 0 Å². The minimum atomic E-state index is -0.425. The quantitative estimate of drug-likeness (QED) is 0.516. The third-order valence-corrected chi connectivity index (χ3v) is 7.63. The summed E-state index contributed by atoms with van der Waals surface area (Å²) in [4.78, 5) is 18.2. The smallest absolute Gasteiger partial charge is 0.312 e. The molecule has 7 nitrogen and oxygen atoms in total. The van der Waals surface area contributed by atoms with Crippen LogP contribution in [-0.2, 0) is 0 Å². The number of hydrogen-bond donors (Lipinski definition) is 2. The van der Waals surface area contributed by atoms with Crippen molar-refractivity contribution in [1.82, 2.24) is 15.2 Å². The highest BCUT2D eigenvalue weighted by molar-refractivity contribution is 7.20. The van der Waals surface area contributed by atoms with E-state index in [0.29, 0.717) is 34.7 Å². The Balaban J connectivity index is 1.12. The zero-order chi connectivity index (χ0) is 22.1. The molecule has 3 heterocycles. The number of ether oxygens (including phenoxy) is 2. The predicted octanol–water partition coefficient (Wildman–Crippen LogP) is 4.78. The van der Waals surface area contributed by atoms with Crippen molar-refractivity contribution in [2.24, 2.45) is 5.73 Å². The number of aromatic nitrogens is 1. The average molecular weight is 473 g/mol. The summed E-state index contributed by atoms with van der Waals surface area (Å²) in [7, 11) is 0. The molecule has 0 unspecified atom stereocenters. The van der Waals surface area contributed by atoms with E-state index in [2.05, 4.69) is 15.2 Å². The molecular formula is C23H25ClN4O3S. The van der Waals surface area contributed by atoms with E-state index in [9.17, 15) is 4.79 Å². The number of rotatable bonds is 7. The van der Waals surface area contributed by atoms with Crippen LogP contribution in [0.1, 0.15) is 25.7 Å². The SMILES string of the molecule is NC(=O)N[C@H]1C[C@H]2CC[C@@H](C1)N2CCOc1ccc(Oc2nc3cccc(Cl)c3s2)cc1. The maximum Gasteiger partial charge on any atom is 0.312 e. The lowest BCUT2D eigenvalue weighted by atomic mass is 9.97. The summed E-state index contributed by atoms with van der Waals surface area (Å²) < 4.78 is 12.8. The molecule has 5 rings (SSSR count). The molecule has 0 spiro atoms. The van der Waals surface area contributed by atoms with Gasteiger partial charge < -0.3 is 20.5 Å². The summed E-state index contributed by atoms with van der Waals surface area (Å²) in [5.41, 5.74) is 6.12. The number of nitrogens with zero attached hydrogens (tertiary/aromatic N) is 2. The first kappa shape index (κ1) is 21.3. The molecule has 9 heteroatoms. The summed E-state index contributed by atoms with van der Waals surface area (Å²) in [5.74, 6) is 1.51. The number of piperidine rings is 1. The molecule has 0 saturated carbocycles. The van der Waals surface area contributed by atoms with Crippen molar-refractivity contribution in [1.29, 1.82) is 0 Å². The molecule has 2 aliphatic heterocycles. The number of amides is 2. The lowest BCUT2D eigenvalue weighted by Crippen LogP contribution is -2.52. The molecule has 2 amide bonds. The Labute approximate surface area is 195 Å². The first-order valence-corrected chi connectivity index (χ1v) is 12.0. The maximum atomic E-state index is 11.2. The normalized spacial score (nSPS) is 22.7. The first-order chi connectivity index (χ1) is 15.5. The molecule has 3 atom stereocenters. The number of carbonyl (C=O) groups is 1. The third kappa shape index (κ3) is 4.62. The van der Waals surface area contributed by atoms with E-state index in [1.54, 1.807) is 0 Å². The molecule has 2 aliphatic rings. The van der Waals surface area contributed by atoms with E-state index >= 15 is 0 Å². The van der Waals surface area contributed by atoms with Crippen LogP contribution >= 0.6 is 22.9 Å². The molecule has 2 bridgehead atoms. The number of halogens is 1. The summed E-state index contributed by atoms with van der Waals surface area (Å²) in [6, 6.07) is 14.0. The second-order valence-electron chi connectivity index (χ2n) is 8.29. The van der Waals surface area contributed by atoms with Gasteiger partial charge in [-0.25, -0.2) is 9.78 Å². The van der Waals surface area contributed by atoms with Crippen molar-refractivity contribution in [2.45, 2.75) is 43.8 Å². The van der Waals surface area contributed by atoms with E-state index in [1.165, 1.54) is 24.2 Å². The Bertz CT molecular complexity index is 1090. The average Bonchev–Trinajstić information content (AvgIpc) is 3.27. The van der Waals surface area contributed by atoms with Gasteiger partial charge in [0, 0.05) is 24.7 Å². The number of nitrogens with two attached hydrogens (primary N) is 1. The summed E-state index contributed by atoms with van der Waals surface area (Å²) in [6.45, 7) is 1.50. The predicted molar refractivity (Wildman–Crippen MR) is 126 cm³/mol. The second kappa shape index (κ2) is 9.13. The van der Waals surface area contributed by atoms with Crippen LogP contribution in [0.4, 0.5) is 4.79 Å². The highest BCUT2D eigenvalue weighted by atomic mass is 35.5. The maximum absolute atomic E-state index is 11.2. The summed E-state index contributed by atoms with van der Waals surface area (Å²) in [5, 5.41) is 4.12. The number of primary amides is 1. The highest BCUT2D eigenvalue weighted by Gasteiger charge is 2.40. The number of urea groups is 1. The van der Waals surface area contributed by atoms with Crippen LogP contribution in [0.25, 0.3) is 10.2 Å². The van der Waals surface area contributed by atoms with Gasteiger partial charge in [-0.05, 0) is 62.1 Å². The summed E-state index contributed by atoms with van der Waals surface area (Å²) >= 11 is 7.65. The largest absolute Gasteiger partial charge is 0.492 e. The molecule has 1 aromatic heterocycles. The van der Waals surface area contributed by atoms with Gasteiger partial charge in [0.15, 0.2) is 0 Å². The molecule has 2 aromatic carbocycles. The van der Waals surface area contributed by atoms with Gasteiger partial charge in [-0.15, -0.1) is 0 Å². The molecule has 32 heavy (non-hydrogen) atoms. The van der Waals surface area contributed by atoms with E-state index < -0.39 is 6.03 Å². The Kier molecular flexibility index (Phi) is 6.08. The van der Waals surface area contributed by atoms with Crippen molar-refractivity contribution in [3.8, 4) is 16.7 Å². The Morgan fingerprint density at radius 2 is 1.88 bits per heavy atom. The van der Waals surface area contributed by atoms with Gasteiger partial charge in [0.05, 0.1) is 15.2 Å². The lowest BCUT2D eigenvalue weighted by Gasteiger charge is -2.38. The van der Waals surface area contributed by atoms with Crippen LogP contribution in [0, 0.1) is 0 Å². The second-order valence-corrected chi connectivity index (χ2v) is 9.66. The van der Waals surface area contributed by atoms with Crippen LogP contribution in [-0.4, -0.2) is 47.2 Å². The molecule has 3 aromatic rings. The number of nitrogens with one attached hydrogen (secondary N) is 1. The van der Waals surface area contributed by atoms with Gasteiger partial charge in [-0.3, -0.25) is 4.90 Å². The zero-order valence-electron chi connectivity index (χ0n) is 17.5. The molecule has 2 fully saturated rings. The van der Waals surface area contributed by atoms with E-state index in [0.717, 1.165) is 35.4 Å². The fraction of sp³-hybridized carbons (Fsp3) is 0.391.